The summed E-state index contributed by atoms with van der Waals surface area (Å²) < 4.78 is 25.1. The maximum absolute atomic E-state index is 13.3. The van der Waals surface area contributed by atoms with E-state index in [1.54, 1.807) is 6.07 Å². The van der Waals surface area contributed by atoms with Gasteiger partial charge >= 0.3 is 6.03 Å². The summed E-state index contributed by atoms with van der Waals surface area (Å²) in [5, 5.41) is 2.95. The van der Waals surface area contributed by atoms with E-state index in [4.69, 9.17) is 9.47 Å². The second kappa shape index (κ2) is 10.2. The molecule has 1 saturated heterocycles. The largest absolute Gasteiger partial charge is 0.490 e. The summed E-state index contributed by atoms with van der Waals surface area (Å²) in [7, 11) is 0. The summed E-state index contributed by atoms with van der Waals surface area (Å²) >= 11 is 0. The van der Waals surface area contributed by atoms with Crippen molar-refractivity contribution in [2.75, 3.05) is 18.4 Å². The normalized spacial score (nSPS) is 14.1. The monoisotopic (exact) mass is 434 g/mol. The van der Waals surface area contributed by atoms with Gasteiger partial charge < -0.3 is 19.7 Å². The quantitative estimate of drug-likeness (QED) is 0.534. The minimum atomic E-state index is -0.270. The lowest BCUT2D eigenvalue weighted by Gasteiger charge is -2.32. The van der Waals surface area contributed by atoms with Crippen LogP contribution in [0.1, 0.15) is 24.0 Å². The Bertz CT molecular complexity index is 1030. The first-order valence-electron chi connectivity index (χ1n) is 10.8. The van der Waals surface area contributed by atoms with Gasteiger partial charge in [0.05, 0.1) is 0 Å². The smallest absolute Gasteiger partial charge is 0.321 e. The van der Waals surface area contributed by atoms with Crippen molar-refractivity contribution in [1.29, 1.82) is 0 Å². The molecule has 0 aliphatic carbocycles. The molecule has 0 unspecified atom stereocenters. The van der Waals surface area contributed by atoms with E-state index < -0.39 is 0 Å². The van der Waals surface area contributed by atoms with Crippen molar-refractivity contribution in [2.45, 2.75) is 32.5 Å². The molecule has 2 amide bonds. The number of ether oxygens (including phenoxy) is 2. The maximum atomic E-state index is 13.3. The Labute approximate surface area is 187 Å². The lowest BCUT2D eigenvalue weighted by Crippen LogP contribution is -2.43. The lowest BCUT2D eigenvalue weighted by atomic mass is 10.1. The molecule has 166 valence electrons. The molecule has 3 aromatic carbocycles. The van der Waals surface area contributed by atoms with Crippen LogP contribution in [0.15, 0.2) is 72.8 Å². The van der Waals surface area contributed by atoms with Crippen molar-refractivity contribution in [2.24, 2.45) is 0 Å². The molecule has 32 heavy (non-hydrogen) atoms. The van der Waals surface area contributed by atoms with Gasteiger partial charge in [-0.2, -0.15) is 0 Å². The minimum Gasteiger partial charge on any atom is -0.490 e. The van der Waals surface area contributed by atoms with Gasteiger partial charge in [-0.05, 0) is 61.0 Å². The molecule has 1 aliphatic rings. The van der Waals surface area contributed by atoms with Crippen molar-refractivity contribution in [3.05, 3.63) is 89.7 Å². The van der Waals surface area contributed by atoms with Crippen LogP contribution in [0, 0.1) is 12.7 Å². The summed E-state index contributed by atoms with van der Waals surface area (Å²) in [6.07, 6.45) is 1.62. The van der Waals surface area contributed by atoms with Crippen LogP contribution in [0.2, 0.25) is 0 Å². The van der Waals surface area contributed by atoms with E-state index in [0.29, 0.717) is 25.4 Å². The van der Waals surface area contributed by atoms with Gasteiger partial charge in [-0.3, -0.25) is 0 Å². The van der Waals surface area contributed by atoms with Crippen LogP contribution in [0.5, 0.6) is 11.5 Å². The number of amides is 2. The first-order valence-corrected chi connectivity index (χ1v) is 10.8. The van der Waals surface area contributed by atoms with Gasteiger partial charge in [0.1, 0.15) is 30.0 Å². The van der Waals surface area contributed by atoms with Crippen LogP contribution in [-0.4, -0.2) is 30.1 Å². The topological polar surface area (TPSA) is 50.8 Å². The Morgan fingerprint density at radius 2 is 1.69 bits per heavy atom. The number of carbonyl (C=O) groups excluding carboxylic acids is 1. The van der Waals surface area contributed by atoms with Crippen molar-refractivity contribution in [3.63, 3.8) is 0 Å². The Kier molecular flexibility index (Phi) is 6.90. The average molecular weight is 435 g/mol. The van der Waals surface area contributed by atoms with Gasteiger partial charge in [-0.15, -0.1) is 0 Å². The van der Waals surface area contributed by atoms with Gasteiger partial charge in [-0.25, -0.2) is 9.18 Å². The fourth-order valence-corrected chi connectivity index (χ4v) is 3.62. The third kappa shape index (κ3) is 6.00. The maximum Gasteiger partial charge on any atom is 0.321 e. The van der Waals surface area contributed by atoms with Crippen molar-refractivity contribution >= 4 is 11.7 Å². The van der Waals surface area contributed by atoms with Gasteiger partial charge in [0.25, 0.3) is 0 Å². The fourth-order valence-electron chi connectivity index (χ4n) is 3.62. The summed E-state index contributed by atoms with van der Waals surface area (Å²) in [6, 6.07) is 21.5. The summed E-state index contributed by atoms with van der Waals surface area (Å²) in [6.45, 7) is 3.62. The number of aryl methyl sites for hydroxylation is 1. The van der Waals surface area contributed by atoms with E-state index in [0.717, 1.165) is 35.4 Å². The van der Waals surface area contributed by atoms with E-state index in [1.165, 1.54) is 12.1 Å². The second-order valence-corrected chi connectivity index (χ2v) is 7.99. The van der Waals surface area contributed by atoms with Crippen LogP contribution >= 0.6 is 0 Å². The van der Waals surface area contributed by atoms with E-state index >= 15 is 0 Å². The predicted octanol–water partition coefficient (Wildman–Crippen LogP) is 5.79. The number of nitrogens with zero attached hydrogens (tertiary/aromatic N) is 1. The van der Waals surface area contributed by atoms with Crippen molar-refractivity contribution < 1.29 is 18.7 Å². The molecule has 0 saturated carbocycles. The van der Waals surface area contributed by atoms with Gasteiger partial charge in [0.2, 0.25) is 0 Å². The van der Waals surface area contributed by atoms with E-state index in [-0.39, 0.29) is 18.0 Å². The van der Waals surface area contributed by atoms with E-state index in [1.807, 2.05) is 66.4 Å². The van der Waals surface area contributed by atoms with Gasteiger partial charge in [0, 0.05) is 31.6 Å². The minimum absolute atomic E-state index is 0.0671. The Hall–Kier alpha value is -3.54. The highest BCUT2D eigenvalue weighted by molar-refractivity contribution is 5.89. The molecule has 1 N–H and O–H groups in total. The highest BCUT2D eigenvalue weighted by atomic mass is 19.1. The van der Waals surface area contributed by atoms with Crippen molar-refractivity contribution in [3.8, 4) is 11.5 Å². The third-order valence-electron chi connectivity index (χ3n) is 5.45. The predicted molar refractivity (Wildman–Crippen MR) is 123 cm³/mol. The zero-order valence-corrected chi connectivity index (χ0v) is 18.1. The number of urea groups is 1. The molecular formula is C26H27FN2O3. The second-order valence-electron chi connectivity index (χ2n) is 7.99. The standard InChI is InChI=1S/C26H27FN2O3/c1-19-5-7-22(8-6-19)28-26(30)29-15-13-25(14-16-29)32-24-11-9-23(10-12-24)31-18-20-3-2-4-21(27)17-20/h2-12,17,25H,13-16,18H2,1H3,(H,28,30). The van der Waals surface area contributed by atoms with Crippen molar-refractivity contribution in [1.82, 2.24) is 4.90 Å². The molecule has 0 aromatic heterocycles. The zero-order valence-electron chi connectivity index (χ0n) is 18.1. The number of benzene rings is 3. The Morgan fingerprint density at radius 3 is 2.38 bits per heavy atom. The lowest BCUT2D eigenvalue weighted by molar-refractivity contribution is 0.115. The van der Waals surface area contributed by atoms with Gasteiger partial charge in [0.15, 0.2) is 0 Å². The molecule has 0 spiro atoms. The van der Waals surface area contributed by atoms with Gasteiger partial charge in [-0.1, -0.05) is 29.8 Å². The third-order valence-corrected chi connectivity index (χ3v) is 5.45. The molecule has 1 aliphatic heterocycles. The first kappa shape index (κ1) is 21.7. The number of rotatable bonds is 6. The molecule has 3 aromatic rings. The number of hydrogen-bond acceptors (Lipinski definition) is 3. The van der Waals surface area contributed by atoms with Crippen LogP contribution in [0.25, 0.3) is 0 Å². The molecule has 0 radical (unpaired) electrons. The molecule has 1 fully saturated rings. The zero-order chi connectivity index (χ0) is 22.3. The van der Waals surface area contributed by atoms with Crippen LogP contribution < -0.4 is 14.8 Å². The van der Waals surface area contributed by atoms with Crippen LogP contribution in [-0.2, 0) is 6.61 Å². The highest BCUT2D eigenvalue weighted by Gasteiger charge is 2.24. The van der Waals surface area contributed by atoms with Crippen LogP contribution in [0.4, 0.5) is 14.9 Å². The summed E-state index contributed by atoms with van der Waals surface area (Å²) in [5.74, 6) is 1.20. The molecule has 1 heterocycles. The highest BCUT2D eigenvalue weighted by Crippen LogP contribution is 2.23. The van der Waals surface area contributed by atoms with E-state index in [2.05, 4.69) is 5.32 Å². The average Bonchev–Trinajstić information content (AvgIpc) is 2.81. The number of hydrogen-bond donors (Lipinski definition) is 1. The number of piperidine rings is 1. The number of carbonyl (C=O) groups is 1. The summed E-state index contributed by atoms with van der Waals surface area (Å²) in [5.41, 5.74) is 2.74. The number of halogens is 1. The molecule has 6 heteroatoms. The Balaban J connectivity index is 1.21. The molecule has 0 atom stereocenters. The number of nitrogens with one attached hydrogen (secondary N) is 1. The van der Waals surface area contributed by atoms with Crippen LogP contribution in [0.3, 0.4) is 0 Å². The number of anilines is 1. The molecule has 4 rings (SSSR count). The Morgan fingerprint density at radius 1 is 1.00 bits per heavy atom. The number of likely N-dealkylation sites (tertiary alicyclic amines) is 1. The molecule has 0 bridgehead atoms. The van der Waals surface area contributed by atoms with E-state index in [9.17, 15) is 9.18 Å². The SMILES string of the molecule is Cc1ccc(NC(=O)N2CCC(Oc3ccc(OCc4cccc(F)c4)cc3)CC2)cc1. The molecule has 5 nitrogen and oxygen atoms in total. The molecular weight excluding hydrogens is 407 g/mol. The summed E-state index contributed by atoms with van der Waals surface area (Å²) in [4.78, 5) is 14.3. The first-order chi connectivity index (χ1) is 15.5. The fraction of sp³-hybridized carbons (Fsp3) is 0.269.